The van der Waals surface area contributed by atoms with Crippen molar-refractivity contribution in [1.82, 2.24) is 10.4 Å². The maximum Gasteiger partial charge on any atom is 0.272 e. The van der Waals surface area contributed by atoms with Crippen molar-refractivity contribution in [3.63, 3.8) is 0 Å². The van der Waals surface area contributed by atoms with Gasteiger partial charge in [0, 0.05) is 12.4 Å². The Morgan fingerprint density at radius 3 is 2.57 bits per heavy atom. The Labute approximate surface area is 124 Å². The molecule has 1 heterocycles. The molecular weight excluding hydrogens is 262 g/mol. The lowest BCUT2D eigenvalue weighted by Gasteiger charge is -2.07. The van der Waals surface area contributed by atoms with Crippen LogP contribution in [0.5, 0.6) is 0 Å². The molecule has 1 aromatic carbocycles. The molecule has 0 saturated carbocycles. The fourth-order valence-corrected chi connectivity index (χ4v) is 1.92. The van der Waals surface area contributed by atoms with Gasteiger partial charge in [-0.15, -0.1) is 0 Å². The van der Waals surface area contributed by atoms with Gasteiger partial charge in [0.25, 0.3) is 5.91 Å². The number of aromatic nitrogens is 1. The number of carbonyl (C=O) groups is 1. The van der Waals surface area contributed by atoms with Crippen molar-refractivity contribution in [3.05, 3.63) is 66.0 Å². The maximum atomic E-state index is 12.0. The molecule has 4 nitrogen and oxygen atoms in total. The minimum absolute atomic E-state index is 0.243. The van der Waals surface area contributed by atoms with Crippen molar-refractivity contribution >= 4 is 11.6 Å². The first kappa shape index (κ1) is 14.9. The third kappa shape index (κ3) is 4.53. The number of unbranched alkanes of at least 4 members (excludes halogenated alkanes) is 1. The van der Waals surface area contributed by atoms with Gasteiger partial charge >= 0.3 is 0 Å². The molecule has 0 saturated heterocycles. The number of nitrogens with zero attached hydrogens (tertiary/aromatic N) is 2. The summed E-state index contributed by atoms with van der Waals surface area (Å²) in [7, 11) is 0. The van der Waals surface area contributed by atoms with E-state index in [1.807, 2.05) is 30.3 Å². The van der Waals surface area contributed by atoms with E-state index in [-0.39, 0.29) is 5.91 Å². The van der Waals surface area contributed by atoms with Gasteiger partial charge in [-0.05, 0) is 30.5 Å². The van der Waals surface area contributed by atoms with Gasteiger partial charge in [0.15, 0.2) is 0 Å². The Balaban J connectivity index is 2.11. The first-order valence-corrected chi connectivity index (χ1v) is 7.13. The number of hydrogen-bond acceptors (Lipinski definition) is 3. The number of rotatable bonds is 6. The monoisotopic (exact) mass is 281 g/mol. The Morgan fingerprint density at radius 2 is 1.90 bits per heavy atom. The standard InChI is InChI=1S/C17H19N3O/c1-2-3-11-16(14-8-5-4-6-9-14)19-20-17(21)15-10-7-12-18-13-15/h4-10,12-13H,2-3,11H2,1H3,(H,20,21). The lowest BCUT2D eigenvalue weighted by atomic mass is 10.1. The smallest absolute Gasteiger partial charge is 0.267 e. The van der Waals surface area contributed by atoms with E-state index in [1.54, 1.807) is 18.3 Å². The van der Waals surface area contributed by atoms with Gasteiger partial charge in [-0.25, -0.2) is 5.43 Å². The Bertz CT molecular complexity index is 594. The van der Waals surface area contributed by atoms with Gasteiger partial charge in [-0.2, -0.15) is 5.10 Å². The Morgan fingerprint density at radius 1 is 1.14 bits per heavy atom. The van der Waals surface area contributed by atoms with E-state index in [2.05, 4.69) is 22.4 Å². The average Bonchev–Trinajstić information content (AvgIpc) is 2.56. The lowest BCUT2D eigenvalue weighted by molar-refractivity contribution is 0.0954. The summed E-state index contributed by atoms with van der Waals surface area (Å²) in [5.74, 6) is -0.243. The molecule has 0 radical (unpaired) electrons. The number of benzene rings is 1. The number of nitrogens with one attached hydrogen (secondary N) is 1. The number of hydrazone groups is 1. The maximum absolute atomic E-state index is 12.0. The van der Waals surface area contributed by atoms with Crippen LogP contribution in [0.1, 0.15) is 42.1 Å². The van der Waals surface area contributed by atoms with Crippen LogP contribution in [0, 0.1) is 0 Å². The number of hydrogen-bond donors (Lipinski definition) is 1. The van der Waals surface area contributed by atoms with Crippen molar-refractivity contribution in [2.75, 3.05) is 0 Å². The van der Waals surface area contributed by atoms with Crippen molar-refractivity contribution in [2.45, 2.75) is 26.2 Å². The first-order valence-electron chi connectivity index (χ1n) is 7.13. The molecule has 0 aliphatic rings. The molecule has 108 valence electrons. The van der Waals surface area contributed by atoms with E-state index in [1.165, 1.54) is 6.20 Å². The minimum atomic E-state index is -0.243. The largest absolute Gasteiger partial charge is 0.272 e. The zero-order chi connectivity index (χ0) is 14.9. The fraction of sp³-hybridized carbons (Fsp3) is 0.235. The van der Waals surface area contributed by atoms with Crippen LogP contribution in [-0.4, -0.2) is 16.6 Å². The highest BCUT2D eigenvalue weighted by molar-refractivity contribution is 6.02. The van der Waals surface area contributed by atoms with Crippen LogP contribution in [0.25, 0.3) is 0 Å². The van der Waals surface area contributed by atoms with Gasteiger partial charge in [0.2, 0.25) is 0 Å². The van der Waals surface area contributed by atoms with E-state index in [0.717, 1.165) is 30.5 Å². The van der Waals surface area contributed by atoms with E-state index in [4.69, 9.17) is 0 Å². The van der Waals surface area contributed by atoms with E-state index in [9.17, 15) is 4.79 Å². The quantitative estimate of drug-likeness (QED) is 0.651. The van der Waals surface area contributed by atoms with E-state index >= 15 is 0 Å². The summed E-state index contributed by atoms with van der Waals surface area (Å²) in [6.07, 6.45) is 6.13. The molecule has 0 bridgehead atoms. The first-order chi connectivity index (χ1) is 10.3. The minimum Gasteiger partial charge on any atom is -0.267 e. The van der Waals surface area contributed by atoms with Crippen molar-refractivity contribution < 1.29 is 4.79 Å². The summed E-state index contributed by atoms with van der Waals surface area (Å²) < 4.78 is 0. The molecule has 2 rings (SSSR count). The topological polar surface area (TPSA) is 54.4 Å². The summed E-state index contributed by atoms with van der Waals surface area (Å²) in [5.41, 5.74) is 5.06. The SMILES string of the molecule is CCCCC(=NNC(=O)c1cccnc1)c1ccccc1. The van der Waals surface area contributed by atoms with Crippen molar-refractivity contribution in [1.29, 1.82) is 0 Å². The van der Waals surface area contributed by atoms with Gasteiger partial charge in [0.1, 0.15) is 0 Å². The molecule has 0 aliphatic heterocycles. The van der Waals surface area contributed by atoms with Crippen LogP contribution < -0.4 is 5.43 Å². The second-order valence-electron chi connectivity index (χ2n) is 4.71. The zero-order valence-electron chi connectivity index (χ0n) is 12.1. The van der Waals surface area contributed by atoms with Gasteiger partial charge in [-0.3, -0.25) is 9.78 Å². The predicted molar refractivity (Wildman–Crippen MR) is 84.2 cm³/mol. The molecule has 0 unspecified atom stereocenters. The van der Waals surface area contributed by atoms with Crippen molar-refractivity contribution in [2.24, 2.45) is 5.10 Å². The molecular formula is C17H19N3O. The third-order valence-corrected chi connectivity index (χ3v) is 3.09. The fourth-order valence-electron chi connectivity index (χ4n) is 1.92. The van der Waals surface area contributed by atoms with Crippen LogP contribution in [0.15, 0.2) is 60.0 Å². The molecule has 0 aliphatic carbocycles. The highest BCUT2D eigenvalue weighted by Crippen LogP contribution is 2.08. The van der Waals surface area contributed by atoms with E-state index in [0.29, 0.717) is 5.56 Å². The molecule has 4 heteroatoms. The van der Waals surface area contributed by atoms with Crippen LogP contribution in [0.4, 0.5) is 0 Å². The summed E-state index contributed by atoms with van der Waals surface area (Å²) >= 11 is 0. The molecule has 0 fully saturated rings. The highest BCUT2D eigenvalue weighted by Gasteiger charge is 2.06. The number of carbonyl (C=O) groups excluding carboxylic acids is 1. The summed E-state index contributed by atoms with van der Waals surface area (Å²) in [5, 5.41) is 4.30. The molecule has 1 N–H and O–H groups in total. The second-order valence-corrected chi connectivity index (χ2v) is 4.71. The summed E-state index contributed by atoms with van der Waals surface area (Å²) in [6.45, 7) is 2.14. The van der Waals surface area contributed by atoms with Gasteiger partial charge in [-0.1, -0.05) is 43.7 Å². The van der Waals surface area contributed by atoms with Crippen LogP contribution in [0.2, 0.25) is 0 Å². The zero-order valence-corrected chi connectivity index (χ0v) is 12.1. The molecule has 0 atom stereocenters. The van der Waals surface area contributed by atoms with Crippen LogP contribution >= 0.6 is 0 Å². The number of pyridine rings is 1. The molecule has 1 amide bonds. The van der Waals surface area contributed by atoms with Crippen LogP contribution in [0.3, 0.4) is 0 Å². The van der Waals surface area contributed by atoms with Gasteiger partial charge < -0.3 is 0 Å². The number of amides is 1. The Hall–Kier alpha value is -2.49. The highest BCUT2D eigenvalue weighted by atomic mass is 16.2. The second kappa shape index (κ2) is 7.94. The predicted octanol–water partition coefficient (Wildman–Crippen LogP) is 3.41. The Kier molecular flexibility index (Phi) is 5.64. The normalized spacial score (nSPS) is 11.2. The summed E-state index contributed by atoms with van der Waals surface area (Å²) in [6, 6.07) is 13.4. The van der Waals surface area contributed by atoms with Crippen molar-refractivity contribution in [3.8, 4) is 0 Å². The lowest BCUT2D eigenvalue weighted by Crippen LogP contribution is -2.20. The average molecular weight is 281 g/mol. The molecule has 2 aromatic rings. The van der Waals surface area contributed by atoms with Crippen LogP contribution in [-0.2, 0) is 0 Å². The molecule has 0 spiro atoms. The molecule has 1 aromatic heterocycles. The van der Waals surface area contributed by atoms with E-state index < -0.39 is 0 Å². The third-order valence-electron chi connectivity index (χ3n) is 3.09. The molecule has 21 heavy (non-hydrogen) atoms. The summed E-state index contributed by atoms with van der Waals surface area (Å²) in [4.78, 5) is 15.9. The van der Waals surface area contributed by atoms with Gasteiger partial charge in [0.05, 0.1) is 11.3 Å².